The van der Waals surface area contributed by atoms with Gasteiger partial charge in [0, 0.05) is 44.8 Å². The van der Waals surface area contributed by atoms with Crippen LogP contribution < -0.4 is 10.0 Å². The van der Waals surface area contributed by atoms with E-state index in [4.69, 9.17) is 0 Å². The van der Waals surface area contributed by atoms with Crippen LogP contribution in [0.2, 0.25) is 0 Å². The SMILES string of the molecule is CCNC(=NCC(C)(C)NS(C)(=O)=O)N1CCN(Cc2ccccc2)CC1.I. The highest BCUT2D eigenvalue weighted by molar-refractivity contribution is 14.0. The summed E-state index contributed by atoms with van der Waals surface area (Å²) in [6.45, 7) is 11.6. The number of nitrogens with one attached hydrogen (secondary N) is 2. The molecule has 2 rings (SSSR count). The van der Waals surface area contributed by atoms with Gasteiger partial charge in [0.1, 0.15) is 0 Å². The maximum absolute atomic E-state index is 11.5. The Kier molecular flexibility index (Phi) is 10.2. The van der Waals surface area contributed by atoms with E-state index in [9.17, 15) is 8.42 Å². The number of aliphatic imine (C=N–C) groups is 1. The maximum atomic E-state index is 11.5. The molecule has 0 atom stereocenters. The van der Waals surface area contributed by atoms with Crippen molar-refractivity contribution < 1.29 is 8.42 Å². The van der Waals surface area contributed by atoms with Crippen LogP contribution in [0.4, 0.5) is 0 Å². The molecular formula is C19H34IN5O2S. The summed E-state index contributed by atoms with van der Waals surface area (Å²) < 4.78 is 25.7. The lowest BCUT2D eigenvalue weighted by atomic mass is 10.1. The van der Waals surface area contributed by atoms with E-state index in [1.165, 1.54) is 11.8 Å². The summed E-state index contributed by atoms with van der Waals surface area (Å²) in [4.78, 5) is 9.39. The summed E-state index contributed by atoms with van der Waals surface area (Å²) >= 11 is 0. The van der Waals surface area contributed by atoms with E-state index in [1.807, 2.05) is 26.8 Å². The van der Waals surface area contributed by atoms with Gasteiger partial charge in [0.2, 0.25) is 10.0 Å². The summed E-state index contributed by atoms with van der Waals surface area (Å²) in [5.41, 5.74) is 0.712. The third kappa shape index (κ3) is 9.06. The molecule has 2 N–H and O–H groups in total. The van der Waals surface area contributed by atoms with Crippen molar-refractivity contribution >= 4 is 40.0 Å². The van der Waals surface area contributed by atoms with Crippen LogP contribution in [0.25, 0.3) is 0 Å². The van der Waals surface area contributed by atoms with Gasteiger partial charge in [0.15, 0.2) is 5.96 Å². The molecule has 0 saturated carbocycles. The fourth-order valence-corrected chi connectivity index (χ4v) is 4.26. The van der Waals surface area contributed by atoms with Gasteiger partial charge in [0.25, 0.3) is 0 Å². The van der Waals surface area contributed by atoms with Crippen molar-refractivity contribution in [3.63, 3.8) is 0 Å². The van der Waals surface area contributed by atoms with Crippen LogP contribution in [0.3, 0.4) is 0 Å². The first-order valence-corrected chi connectivity index (χ1v) is 11.4. The summed E-state index contributed by atoms with van der Waals surface area (Å²) in [6, 6.07) is 10.5. The average molecular weight is 523 g/mol. The van der Waals surface area contributed by atoms with Crippen molar-refractivity contribution in [2.24, 2.45) is 4.99 Å². The normalized spacial score (nSPS) is 16.6. The van der Waals surface area contributed by atoms with Gasteiger partial charge in [-0.15, -0.1) is 24.0 Å². The summed E-state index contributed by atoms with van der Waals surface area (Å²) in [6.07, 6.45) is 1.18. The van der Waals surface area contributed by atoms with Crippen LogP contribution in [0.15, 0.2) is 35.3 Å². The zero-order valence-corrected chi connectivity index (χ0v) is 20.5. The first-order chi connectivity index (χ1) is 12.7. The standard InChI is InChI=1S/C19H33N5O2S.HI/c1-5-20-18(21-16-19(2,3)22-27(4,25)26)24-13-11-23(12-14-24)15-17-9-7-6-8-10-17;/h6-10,22H,5,11-16H2,1-4H3,(H,20,21);1H. The van der Waals surface area contributed by atoms with Crippen LogP contribution in [-0.4, -0.2) is 75.2 Å². The van der Waals surface area contributed by atoms with E-state index in [0.29, 0.717) is 6.54 Å². The zero-order chi connectivity index (χ0) is 19.9. The molecule has 9 heteroatoms. The number of benzene rings is 1. The lowest BCUT2D eigenvalue weighted by molar-refractivity contribution is 0.172. The molecule has 160 valence electrons. The van der Waals surface area contributed by atoms with Crippen LogP contribution >= 0.6 is 24.0 Å². The van der Waals surface area contributed by atoms with Gasteiger partial charge in [-0.3, -0.25) is 9.89 Å². The van der Waals surface area contributed by atoms with Crippen LogP contribution in [-0.2, 0) is 16.6 Å². The van der Waals surface area contributed by atoms with Crippen LogP contribution in [0.5, 0.6) is 0 Å². The number of guanidine groups is 1. The number of rotatable bonds is 7. The number of hydrogen-bond acceptors (Lipinski definition) is 4. The van der Waals surface area contributed by atoms with E-state index in [1.54, 1.807) is 0 Å². The smallest absolute Gasteiger partial charge is 0.209 e. The third-order valence-electron chi connectivity index (χ3n) is 4.34. The Morgan fingerprint density at radius 3 is 2.29 bits per heavy atom. The molecule has 1 aliphatic heterocycles. The first kappa shape index (κ1) is 25.1. The molecule has 1 saturated heterocycles. The minimum Gasteiger partial charge on any atom is -0.357 e. The van der Waals surface area contributed by atoms with Gasteiger partial charge in [-0.25, -0.2) is 13.1 Å². The van der Waals surface area contributed by atoms with Gasteiger partial charge in [0.05, 0.1) is 12.8 Å². The van der Waals surface area contributed by atoms with Crippen molar-refractivity contribution in [2.45, 2.75) is 32.9 Å². The van der Waals surface area contributed by atoms with Gasteiger partial charge >= 0.3 is 0 Å². The highest BCUT2D eigenvalue weighted by Crippen LogP contribution is 2.10. The minimum atomic E-state index is -3.26. The van der Waals surface area contributed by atoms with Crippen molar-refractivity contribution in [1.29, 1.82) is 0 Å². The largest absolute Gasteiger partial charge is 0.357 e. The van der Waals surface area contributed by atoms with Crippen LogP contribution in [0.1, 0.15) is 26.3 Å². The van der Waals surface area contributed by atoms with Gasteiger partial charge in [-0.05, 0) is 26.3 Å². The van der Waals surface area contributed by atoms with Gasteiger partial charge in [-0.2, -0.15) is 0 Å². The predicted octanol–water partition coefficient (Wildman–Crippen LogP) is 1.72. The molecule has 0 amide bonds. The predicted molar refractivity (Wildman–Crippen MR) is 127 cm³/mol. The number of hydrogen-bond donors (Lipinski definition) is 2. The fourth-order valence-electron chi connectivity index (χ4n) is 3.19. The highest BCUT2D eigenvalue weighted by atomic mass is 127. The molecule has 28 heavy (non-hydrogen) atoms. The molecule has 0 unspecified atom stereocenters. The van der Waals surface area contributed by atoms with E-state index in [2.05, 4.69) is 49.1 Å². The van der Waals surface area contributed by atoms with E-state index >= 15 is 0 Å². The molecule has 1 heterocycles. The lowest BCUT2D eigenvalue weighted by Crippen LogP contribution is -2.53. The molecular weight excluding hydrogens is 489 g/mol. The van der Waals surface area contributed by atoms with Gasteiger partial charge in [-0.1, -0.05) is 30.3 Å². The topological polar surface area (TPSA) is 77.0 Å². The lowest BCUT2D eigenvalue weighted by Gasteiger charge is -2.37. The van der Waals surface area contributed by atoms with Crippen molar-refractivity contribution in [1.82, 2.24) is 19.8 Å². The van der Waals surface area contributed by atoms with Crippen LogP contribution in [0, 0.1) is 0 Å². The molecule has 1 fully saturated rings. The Balaban J connectivity index is 0.00000392. The maximum Gasteiger partial charge on any atom is 0.209 e. The number of sulfonamides is 1. The van der Waals surface area contributed by atoms with Crippen molar-refractivity contribution in [3.05, 3.63) is 35.9 Å². The number of nitrogens with zero attached hydrogens (tertiary/aromatic N) is 3. The molecule has 0 radical (unpaired) electrons. The summed E-state index contributed by atoms with van der Waals surface area (Å²) in [5, 5.41) is 3.33. The number of piperazine rings is 1. The van der Waals surface area contributed by atoms with Crippen molar-refractivity contribution in [2.75, 3.05) is 45.5 Å². The summed E-state index contributed by atoms with van der Waals surface area (Å²) in [7, 11) is -3.26. The molecule has 0 bridgehead atoms. The van der Waals surface area contributed by atoms with Crippen molar-refractivity contribution in [3.8, 4) is 0 Å². The molecule has 7 nitrogen and oxygen atoms in total. The second kappa shape index (κ2) is 11.3. The Hall–Kier alpha value is -0.910. The quantitative estimate of drug-likeness (QED) is 0.324. The molecule has 0 aromatic heterocycles. The zero-order valence-electron chi connectivity index (χ0n) is 17.3. The molecule has 1 aromatic carbocycles. The van der Waals surface area contributed by atoms with E-state index in [0.717, 1.165) is 45.2 Å². The van der Waals surface area contributed by atoms with E-state index < -0.39 is 15.6 Å². The first-order valence-electron chi connectivity index (χ1n) is 9.47. The molecule has 0 aliphatic carbocycles. The Morgan fingerprint density at radius 2 is 1.75 bits per heavy atom. The molecule has 0 spiro atoms. The number of halogens is 1. The third-order valence-corrected chi connectivity index (χ3v) is 5.26. The second-order valence-corrected chi connectivity index (χ2v) is 9.43. The second-order valence-electron chi connectivity index (χ2n) is 7.68. The Labute approximate surface area is 187 Å². The minimum absolute atomic E-state index is 0. The fraction of sp³-hybridized carbons (Fsp3) is 0.632. The Morgan fingerprint density at radius 1 is 1.14 bits per heavy atom. The average Bonchev–Trinajstić information content (AvgIpc) is 2.58. The Bertz CT molecular complexity index is 717. The van der Waals surface area contributed by atoms with E-state index in [-0.39, 0.29) is 24.0 Å². The monoisotopic (exact) mass is 523 g/mol. The molecule has 1 aliphatic rings. The highest BCUT2D eigenvalue weighted by Gasteiger charge is 2.24. The molecule has 1 aromatic rings. The summed E-state index contributed by atoms with van der Waals surface area (Å²) in [5.74, 6) is 0.847. The van der Waals surface area contributed by atoms with Gasteiger partial charge < -0.3 is 10.2 Å².